The van der Waals surface area contributed by atoms with Gasteiger partial charge in [-0.25, -0.2) is 4.39 Å². The van der Waals surface area contributed by atoms with Crippen LogP contribution in [0.2, 0.25) is 0 Å². The Bertz CT molecular complexity index is 435. The van der Waals surface area contributed by atoms with Gasteiger partial charge in [0.2, 0.25) is 0 Å². The molecule has 0 saturated carbocycles. The van der Waals surface area contributed by atoms with Gasteiger partial charge in [0.15, 0.2) is 0 Å². The van der Waals surface area contributed by atoms with Crippen LogP contribution in [-0.4, -0.2) is 30.1 Å². The molecule has 2 nitrogen and oxygen atoms in total. The highest BCUT2D eigenvalue weighted by Gasteiger charge is 2.35. The van der Waals surface area contributed by atoms with Crippen LogP contribution >= 0.6 is 0 Å². The van der Waals surface area contributed by atoms with Gasteiger partial charge in [0.05, 0.1) is 0 Å². The Labute approximate surface area is 115 Å². The lowest BCUT2D eigenvalue weighted by molar-refractivity contribution is 0.177. The quantitative estimate of drug-likeness (QED) is 0.900. The zero-order chi connectivity index (χ0) is 13.2. The standard InChI is InChI=1S/C16H23FN2/c1-12(13-5-4-6-14(17)11-13)18-15-8-10-19-9-3-2-7-16(15)19/h4-6,11-12,15-16,18H,2-3,7-10H2,1H3/t12-,15?,16?/m1/s1. The summed E-state index contributed by atoms with van der Waals surface area (Å²) in [6.07, 6.45) is 5.24. The van der Waals surface area contributed by atoms with Crippen LogP contribution in [0.5, 0.6) is 0 Å². The fourth-order valence-corrected chi connectivity index (χ4v) is 3.64. The van der Waals surface area contributed by atoms with Gasteiger partial charge in [0, 0.05) is 24.7 Å². The summed E-state index contributed by atoms with van der Waals surface area (Å²) in [6, 6.07) is 8.45. The Balaban J connectivity index is 1.65. The van der Waals surface area contributed by atoms with Gasteiger partial charge in [-0.1, -0.05) is 18.6 Å². The monoisotopic (exact) mass is 262 g/mol. The van der Waals surface area contributed by atoms with E-state index in [1.54, 1.807) is 12.1 Å². The molecule has 2 saturated heterocycles. The molecule has 0 aliphatic carbocycles. The predicted octanol–water partition coefficient (Wildman–Crippen LogP) is 3.10. The summed E-state index contributed by atoms with van der Waals surface area (Å²) in [6.45, 7) is 4.62. The number of nitrogens with zero attached hydrogens (tertiary/aromatic N) is 1. The molecular formula is C16H23FN2. The van der Waals surface area contributed by atoms with E-state index in [4.69, 9.17) is 0 Å². The van der Waals surface area contributed by atoms with Crippen LogP contribution < -0.4 is 5.32 Å². The van der Waals surface area contributed by atoms with Crippen LogP contribution in [0, 0.1) is 5.82 Å². The van der Waals surface area contributed by atoms with E-state index in [1.165, 1.54) is 44.8 Å². The largest absolute Gasteiger partial charge is 0.306 e. The maximum Gasteiger partial charge on any atom is 0.123 e. The minimum atomic E-state index is -0.142. The summed E-state index contributed by atoms with van der Waals surface area (Å²) >= 11 is 0. The van der Waals surface area contributed by atoms with Gasteiger partial charge in [-0.05, 0) is 50.4 Å². The number of piperidine rings is 1. The molecule has 1 N–H and O–H groups in total. The van der Waals surface area contributed by atoms with Crippen LogP contribution in [0.4, 0.5) is 4.39 Å². The van der Waals surface area contributed by atoms with Crippen molar-refractivity contribution < 1.29 is 4.39 Å². The predicted molar refractivity (Wildman–Crippen MR) is 75.6 cm³/mol. The summed E-state index contributed by atoms with van der Waals surface area (Å²) in [5, 5.41) is 3.71. The van der Waals surface area contributed by atoms with Crippen molar-refractivity contribution >= 4 is 0 Å². The highest BCUT2D eigenvalue weighted by Crippen LogP contribution is 2.28. The van der Waals surface area contributed by atoms with E-state index >= 15 is 0 Å². The van der Waals surface area contributed by atoms with Gasteiger partial charge >= 0.3 is 0 Å². The minimum absolute atomic E-state index is 0.142. The molecule has 19 heavy (non-hydrogen) atoms. The van der Waals surface area contributed by atoms with E-state index in [1.807, 2.05) is 6.07 Å². The molecule has 3 atom stereocenters. The maximum absolute atomic E-state index is 13.3. The van der Waals surface area contributed by atoms with Gasteiger partial charge in [-0.2, -0.15) is 0 Å². The molecule has 0 radical (unpaired) electrons. The van der Waals surface area contributed by atoms with Crippen LogP contribution in [0.3, 0.4) is 0 Å². The van der Waals surface area contributed by atoms with E-state index in [-0.39, 0.29) is 11.9 Å². The Hall–Kier alpha value is -0.930. The van der Waals surface area contributed by atoms with E-state index in [2.05, 4.69) is 17.1 Å². The molecule has 0 aromatic heterocycles. The molecule has 104 valence electrons. The molecule has 0 spiro atoms. The second-order valence-corrected chi connectivity index (χ2v) is 5.94. The molecule has 1 aromatic carbocycles. The Kier molecular flexibility index (Phi) is 3.85. The van der Waals surface area contributed by atoms with E-state index < -0.39 is 0 Å². The summed E-state index contributed by atoms with van der Waals surface area (Å²) in [5.74, 6) is -0.142. The van der Waals surface area contributed by atoms with Crippen molar-refractivity contribution in [3.8, 4) is 0 Å². The van der Waals surface area contributed by atoms with Crippen molar-refractivity contribution in [3.05, 3.63) is 35.6 Å². The van der Waals surface area contributed by atoms with Crippen molar-refractivity contribution in [2.24, 2.45) is 0 Å². The van der Waals surface area contributed by atoms with Gasteiger partial charge in [0.25, 0.3) is 0 Å². The van der Waals surface area contributed by atoms with Crippen LogP contribution in [0.1, 0.15) is 44.2 Å². The Morgan fingerprint density at radius 3 is 3.00 bits per heavy atom. The third-order valence-electron chi connectivity index (χ3n) is 4.67. The number of benzene rings is 1. The molecule has 0 amide bonds. The van der Waals surface area contributed by atoms with Crippen molar-refractivity contribution in [1.82, 2.24) is 10.2 Å². The first kappa shape index (κ1) is 13.1. The average Bonchev–Trinajstić information content (AvgIpc) is 2.82. The first-order valence-electron chi connectivity index (χ1n) is 7.49. The summed E-state index contributed by atoms with van der Waals surface area (Å²) in [4.78, 5) is 2.62. The third kappa shape index (κ3) is 2.82. The van der Waals surface area contributed by atoms with Crippen molar-refractivity contribution in [1.29, 1.82) is 0 Å². The number of rotatable bonds is 3. The topological polar surface area (TPSA) is 15.3 Å². The first-order valence-corrected chi connectivity index (χ1v) is 7.49. The van der Waals surface area contributed by atoms with Gasteiger partial charge in [-0.3, -0.25) is 4.90 Å². The van der Waals surface area contributed by atoms with Crippen molar-refractivity contribution in [2.45, 2.75) is 50.7 Å². The molecule has 2 unspecified atom stereocenters. The number of halogens is 1. The average molecular weight is 262 g/mol. The Morgan fingerprint density at radius 1 is 1.26 bits per heavy atom. The maximum atomic E-state index is 13.3. The molecule has 2 fully saturated rings. The molecule has 2 aliphatic rings. The fourth-order valence-electron chi connectivity index (χ4n) is 3.64. The van der Waals surface area contributed by atoms with E-state index in [0.29, 0.717) is 12.1 Å². The van der Waals surface area contributed by atoms with Gasteiger partial charge in [-0.15, -0.1) is 0 Å². The lowest BCUT2D eigenvalue weighted by atomic mass is 9.97. The zero-order valence-corrected chi connectivity index (χ0v) is 11.6. The van der Waals surface area contributed by atoms with Crippen LogP contribution in [0.15, 0.2) is 24.3 Å². The Morgan fingerprint density at radius 2 is 2.16 bits per heavy atom. The summed E-state index contributed by atoms with van der Waals surface area (Å²) < 4.78 is 13.3. The number of nitrogens with one attached hydrogen (secondary N) is 1. The SMILES string of the molecule is C[C@@H](NC1CCN2CCCCC12)c1cccc(F)c1. The summed E-state index contributed by atoms with van der Waals surface area (Å²) in [7, 11) is 0. The first-order chi connectivity index (χ1) is 9.24. The second-order valence-electron chi connectivity index (χ2n) is 5.94. The van der Waals surface area contributed by atoms with Crippen LogP contribution in [0.25, 0.3) is 0 Å². The summed E-state index contributed by atoms with van der Waals surface area (Å²) in [5.41, 5.74) is 1.05. The van der Waals surface area contributed by atoms with Gasteiger partial charge < -0.3 is 5.32 Å². The fraction of sp³-hybridized carbons (Fsp3) is 0.625. The van der Waals surface area contributed by atoms with E-state index in [0.717, 1.165) is 5.56 Å². The number of hydrogen-bond acceptors (Lipinski definition) is 2. The molecular weight excluding hydrogens is 239 g/mol. The number of hydrogen-bond donors (Lipinski definition) is 1. The highest BCUT2D eigenvalue weighted by atomic mass is 19.1. The van der Waals surface area contributed by atoms with E-state index in [9.17, 15) is 4.39 Å². The molecule has 2 heterocycles. The zero-order valence-electron chi connectivity index (χ0n) is 11.6. The molecule has 3 heteroatoms. The van der Waals surface area contributed by atoms with Crippen molar-refractivity contribution in [2.75, 3.05) is 13.1 Å². The lowest BCUT2D eigenvalue weighted by Gasteiger charge is -2.34. The second kappa shape index (κ2) is 5.59. The normalized spacial score (nSPS) is 29.2. The molecule has 2 aliphatic heterocycles. The lowest BCUT2D eigenvalue weighted by Crippen LogP contribution is -2.45. The third-order valence-corrected chi connectivity index (χ3v) is 4.67. The highest BCUT2D eigenvalue weighted by molar-refractivity contribution is 5.20. The smallest absolute Gasteiger partial charge is 0.123 e. The van der Waals surface area contributed by atoms with Crippen LogP contribution in [-0.2, 0) is 0 Å². The molecule has 3 rings (SSSR count). The number of fused-ring (bicyclic) bond motifs is 1. The minimum Gasteiger partial charge on any atom is -0.306 e. The van der Waals surface area contributed by atoms with Crippen molar-refractivity contribution in [3.63, 3.8) is 0 Å². The molecule has 0 bridgehead atoms. The van der Waals surface area contributed by atoms with Gasteiger partial charge in [0.1, 0.15) is 5.82 Å². The molecule has 1 aromatic rings.